The number of carbonyl (C=O) groups is 1. The summed E-state index contributed by atoms with van der Waals surface area (Å²) in [6.07, 6.45) is 5.14. The average Bonchev–Trinajstić information content (AvgIpc) is 3.12. The number of imidazole rings is 1. The van der Waals surface area contributed by atoms with E-state index in [2.05, 4.69) is 17.1 Å². The molecular formula is C17H14N2O2. The van der Waals surface area contributed by atoms with Crippen LogP contribution in [0.5, 0.6) is 0 Å². The lowest BCUT2D eigenvalue weighted by atomic mass is 10.1. The molecule has 3 aromatic rings. The third-order valence-corrected chi connectivity index (χ3v) is 4.16. The molecule has 0 bridgehead atoms. The first kappa shape index (κ1) is 12.1. The number of rotatable bonds is 2. The molecule has 0 radical (unpaired) electrons. The van der Waals surface area contributed by atoms with Crippen molar-refractivity contribution in [3.8, 4) is 5.69 Å². The topological polar surface area (TPSA) is 55.1 Å². The summed E-state index contributed by atoms with van der Waals surface area (Å²) in [6.45, 7) is 0. The molecule has 0 amide bonds. The minimum atomic E-state index is -0.927. The highest BCUT2D eigenvalue weighted by atomic mass is 16.4. The number of aryl methyl sites for hydroxylation is 2. The number of para-hydroxylation sites is 1. The maximum atomic E-state index is 11.4. The summed E-state index contributed by atoms with van der Waals surface area (Å²) in [5, 5.41) is 9.39. The van der Waals surface area contributed by atoms with Crippen LogP contribution in [0.15, 0.2) is 42.7 Å². The Labute approximate surface area is 121 Å². The Bertz CT molecular complexity index is 864. The highest BCUT2D eigenvalue weighted by molar-refractivity contribution is 6.01. The highest BCUT2D eigenvalue weighted by Crippen LogP contribution is 2.27. The number of aromatic nitrogens is 2. The van der Waals surface area contributed by atoms with Crippen molar-refractivity contribution in [1.29, 1.82) is 0 Å². The van der Waals surface area contributed by atoms with Gasteiger partial charge in [-0.05, 0) is 54.7 Å². The lowest BCUT2D eigenvalue weighted by molar-refractivity contribution is 0.0698. The van der Waals surface area contributed by atoms with Crippen LogP contribution in [-0.4, -0.2) is 20.6 Å². The third kappa shape index (κ3) is 1.83. The largest absolute Gasteiger partial charge is 0.478 e. The normalized spacial score (nSPS) is 13.5. The van der Waals surface area contributed by atoms with Crippen molar-refractivity contribution in [2.75, 3.05) is 0 Å². The number of carboxylic acids is 1. The van der Waals surface area contributed by atoms with Gasteiger partial charge in [-0.3, -0.25) is 4.57 Å². The van der Waals surface area contributed by atoms with E-state index < -0.39 is 5.97 Å². The summed E-state index contributed by atoms with van der Waals surface area (Å²) in [5.74, 6) is -0.927. The fourth-order valence-corrected chi connectivity index (χ4v) is 3.14. The second-order valence-electron chi connectivity index (χ2n) is 5.40. The lowest BCUT2D eigenvalue weighted by Gasteiger charge is -2.08. The van der Waals surface area contributed by atoms with Crippen molar-refractivity contribution in [1.82, 2.24) is 9.55 Å². The van der Waals surface area contributed by atoms with Crippen molar-refractivity contribution in [3.63, 3.8) is 0 Å². The average molecular weight is 278 g/mol. The Hall–Kier alpha value is -2.62. The Morgan fingerprint density at radius 2 is 2.00 bits per heavy atom. The Morgan fingerprint density at radius 3 is 2.86 bits per heavy atom. The second kappa shape index (κ2) is 4.45. The fourth-order valence-electron chi connectivity index (χ4n) is 3.14. The van der Waals surface area contributed by atoms with Gasteiger partial charge in [0.2, 0.25) is 0 Å². The van der Waals surface area contributed by atoms with E-state index in [0.29, 0.717) is 11.0 Å². The van der Waals surface area contributed by atoms with Gasteiger partial charge in [0.25, 0.3) is 0 Å². The van der Waals surface area contributed by atoms with Crippen molar-refractivity contribution in [2.24, 2.45) is 0 Å². The van der Waals surface area contributed by atoms with Crippen LogP contribution in [0.25, 0.3) is 16.7 Å². The zero-order valence-corrected chi connectivity index (χ0v) is 11.4. The molecule has 0 saturated heterocycles. The number of fused-ring (bicyclic) bond motifs is 2. The number of aromatic carboxylic acids is 1. The quantitative estimate of drug-likeness (QED) is 0.783. The van der Waals surface area contributed by atoms with Crippen LogP contribution in [0.4, 0.5) is 0 Å². The maximum absolute atomic E-state index is 11.4. The van der Waals surface area contributed by atoms with Gasteiger partial charge in [-0.25, -0.2) is 9.78 Å². The van der Waals surface area contributed by atoms with Gasteiger partial charge in [0.05, 0.1) is 16.6 Å². The van der Waals surface area contributed by atoms with E-state index in [9.17, 15) is 9.90 Å². The van der Waals surface area contributed by atoms with Crippen LogP contribution in [0, 0.1) is 0 Å². The summed E-state index contributed by atoms with van der Waals surface area (Å²) in [4.78, 5) is 15.8. The van der Waals surface area contributed by atoms with Gasteiger partial charge in [0.15, 0.2) is 0 Å². The summed E-state index contributed by atoms with van der Waals surface area (Å²) in [5.41, 5.74) is 5.39. The number of hydrogen-bond acceptors (Lipinski definition) is 2. The number of carboxylic acid groups (broad SMARTS) is 1. The molecule has 21 heavy (non-hydrogen) atoms. The van der Waals surface area contributed by atoms with E-state index >= 15 is 0 Å². The van der Waals surface area contributed by atoms with Gasteiger partial charge in [0.1, 0.15) is 6.33 Å². The monoisotopic (exact) mass is 278 g/mol. The molecule has 4 heteroatoms. The molecule has 0 aliphatic heterocycles. The van der Waals surface area contributed by atoms with Crippen LogP contribution in [0.2, 0.25) is 0 Å². The van der Waals surface area contributed by atoms with E-state index in [0.717, 1.165) is 18.5 Å². The molecule has 1 aromatic heterocycles. The van der Waals surface area contributed by atoms with E-state index in [1.165, 1.54) is 17.5 Å². The van der Waals surface area contributed by atoms with Crippen molar-refractivity contribution >= 4 is 17.0 Å². The van der Waals surface area contributed by atoms with Crippen molar-refractivity contribution in [2.45, 2.75) is 19.3 Å². The molecule has 0 spiro atoms. The molecule has 1 aliphatic carbocycles. The zero-order valence-electron chi connectivity index (χ0n) is 11.4. The van der Waals surface area contributed by atoms with E-state index in [4.69, 9.17) is 0 Å². The zero-order chi connectivity index (χ0) is 14.4. The van der Waals surface area contributed by atoms with Gasteiger partial charge < -0.3 is 5.11 Å². The molecule has 1 heterocycles. The highest BCUT2D eigenvalue weighted by Gasteiger charge is 2.16. The first-order valence-electron chi connectivity index (χ1n) is 7.05. The van der Waals surface area contributed by atoms with Crippen molar-refractivity contribution < 1.29 is 9.90 Å². The van der Waals surface area contributed by atoms with Gasteiger partial charge in [0, 0.05) is 5.69 Å². The Kier molecular flexibility index (Phi) is 2.57. The SMILES string of the molecule is O=C(O)c1cccc2ncn(-c3ccc4c(c3)CCC4)c12. The fraction of sp³-hybridized carbons (Fsp3) is 0.176. The smallest absolute Gasteiger partial charge is 0.337 e. The summed E-state index contributed by atoms with van der Waals surface area (Å²) in [6, 6.07) is 11.5. The van der Waals surface area contributed by atoms with E-state index in [-0.39, 0.29) is 5.56 Å². The number of benzene rings is 2. The predicted molar refractivity (Wildman–Crippen MR) is 80.1 cm³/mol. The third-order valence-electron chi connectivity index (χ3n) is 4.16. The summed E-state index contributed by atoms with van der Waals surface area (Å²) in [7, 11) is 0. The predicted octanol–water partition coefficient (Wildman–Crippen LogP) is 3.21. The molecule has 104 valence electrons. The minimum Gasteiger partial charge on any atom is -0.478 e. The van der Waals surface area contributed by atoms with Crippen LogP contribution in [0.3, 0.4) is 0 Å². The molecule has 1 aliphatic rings. The minimum absolute atomic E-state index is 0.283. The molecule has 0 atom stereocenters. The molecule has 0 saturated carbocycles. The van der Waals surface area contributed by atoms with Crippen LogP contribution in [0.1, 0.15) is 27.9 Å². The first-order valence-corrected chi connectivity index (χ1v) is 7.05. The van der Waals surface area contributed by atoms with Crippen LogP contribution in [-0.2, 0) is 12.8 Å². The molecule has 4 nitrogen and oxygen atoms in total. The summed E-state index contributed by atoms with van der Waals surface area (Å²) >= 11 is 0. The maximum Gasteiger partial charge on any atom is 0.337 e. The summed E-state index contributed by atoms with van der Waals surface area (Å²) < 4.78 is 1.87. The van der Waals surface area contributed by atoms with Crippen molar-refractivity contribution in [3.05, 3.63) is 59.4 Å². The van der Waals surface area contributed by atoms with Crippen LogP contribution < -0.4 is 0 Å². The molecule has 2 aromatic carbocycles. The molecule has 0 unspecified atom stereocenters. The van der Waals surface area contributed by atoms with Gasteiger partial charge >= 0.3 is 5.97 Å². The number of hydrogen-bond donors (Lipinski definition) is 1. The second-order valence-corrected chi connectivity index (χ2v) is 5.40. The van der Waals surface area contributed by atoms with Gasteiger partial charge in [-0.15, -0.1) is 0 Å². The lowest BCUT2D eigenvalue weighted by Crippen LogP contribution is -2.02. The van der Waals surface area contributed by atoms with E-state index in [1.807, 2.05) is 16.7 Å². The van der Waals surface area contributed by atoms with E-state index in [1.54, 1.807) is 18.5 Å². The molecule has 1 N–H and O–H groups in total. The van der Waals surface area contributed by atoms with Gasteiger partial charge in [-0.1, -0.05) is 12.1 Å². The number of nitrogens with zero attached hydrogens (tertiary/aromatic N) is 2. The molecule has 4 rings (SSSR count). The Balaban J connectivity index is 1.96. The standard InChI is InChI=1S/C17H14N2O2/c20-17(21)14-5-2-6-15-16(14)19(10-18-15)13-8-7-11-3-1-4-12(11)9-13/h2,5-10H,1,3-4H2,(H,20,21). The first-order chi connectivity index (χ1) is 10.2. The van der Waals surface area contributed by atoms with Gasteiger partial charge in [-0.2, -0.15) is 0 Å². The molecule has 0 fully saturated rings. The Morgan fingerprint density at radius 1 is 1.14 bits per heavy atom. The van der Waals surface area contributed by atoms with Crippen LogP contribution >= 0.6 is 0 Å². The molecular weight excluding hydrogens is 264 g/mol.